The molecule has 0 fully saturated rings. The fourth-order valence-corrected chi connectivity index (χ4v) is 3.11. The van der Waals surface area contributed by atoms with Gasteiger partial charge in [-0.3, -0.25) is 4.79 Å². The Morgan fingerprint density at radius 3 is 2.57 bits per heavy atom. The lowest BCUT2D eigenvalue weighted by atomic mass is 10.1. The summed E-state index contributed by atoms with van der Waals surface area (Å²) in [4.78, 5) is 36.1. The fourth-order valence-electron chi connectivity index (χ4n) is 3.11. The van der Waals surface area contributed by atoms with E-state index in [-0.39, 0.29) is 24.1 Å². The summed E-state index contributed by atoms with van der Waals surface area (Å²) in [6, 6.07) is 4.60. The van der Waals surface area contributed by atoms with Crippen LogP contribution >= 0.6 is 0 Å². The highest BCUT2D eigenvalue weighted by atomic mass is 16.5. The average molecular weight is 418 g/mol. The van der Waals surface area contributed by atoms with E-state index in [9.17, 15) is 14.4 Å². The summed E-state index contributed by atoms with van der Waals surface area (Å²) in [5.41, 5.74) is 0.743. The maximum atomic E-state index is 13.2. The smallest absolute Gasteiger partial charge is 0.404 e. The zero-order valence-electron chi connectivity index (χ0n) is 17.9. The second kappa shape index (κ2) is 10.5. The molecule has 2 aromatic rings. The van der Waals surface area contributed by atoms with Gasteiger partial charge in [-0.2, -0.15) is 0 Å². The number of pyridine rings is 1. The van der Waals surface area contributed by atoms with E-state index < -0.39 is 6.09 Å². The third kappa shape index (κ3) is 5.65. The molecule has 0 saturated carbocycles. The number of ether oxygens (including phenoxy) is 1. The number of carbonyl (C=O) groups is 2. The maximum absolute atomic E-state index is 13.2. The van der Waals surface area contributed by atoms with Crippen LogP contribution in [0.5, 0.6) is 5.75 Å². The number of benzene rings is 1. The Morgan fingerprint density at radius 2 is 1.97 bits per heavy atom. The van der Waals surface area contributed by atoms with Crippen molar-refractivity contribution in [1.29, 1.82) is 0 Å². The summed E-state index contributed by atoms with van der Waals surface area (Å²) >= 11 is 0. The number of unbranched alkanes of at least 4 members (excludes halogenated alkanes) is 1. The van der Waals surface area contributed by atoms with Crippen LogP contribution in [0.2, 0.25) is 0 Å². The van der Waals surface area contributed by atoms with Crippen LogP contribution in [-0.2, 0) is 13.1 Å². The van der Waals surface area contributed by atoms with Gasteiger partial charge in [-0.1, -0.05) is 27.2 Å². The normalized spacial score (nSPS) is 10.8. The van der Waals surface area contributed by atoms with Crippen molar-refractivity contribution in [3.8, 4) is 5.75 Å². The van der Waals surface area contributed by atoms with Crippen molar-refractivity contribution in [1.82, 2.24) is 15.2 Å². The molecule has 0 aliphatic carbocycles. The molecular weight excluding hydrogens is 388 g/mol. The molecule has 1 heterocycles. The first-order chi connectivity index (χ1) is 14.3. The first kappa shape index (κ1) is 23.1. The average Bonchev–Trinajstić information content (AvgIpc) is 2.69. The molecule has 0 spiro atoms. The number of anilines is 1. The third-order valence-corrected chi connectivity index (χ3v) is 4.51. The minimum Gasteiger partial charge on any atom is -0.491 e. The van der Waals surface area contributed by atoms with Crippen LogP contribution in [0, 0.1) is 5.92 Å². The molecule has 164 valence electrons. The molecule has 1 aromatic heterocycles. The molecule has 1 aromatic carbocycles. The van der Waals surface area contributed by atoms with Crippen LogP contribution in [0.3, 0.4) is 0 Å². The molecule has 0 atom stereocenters. The van der Waals surface area contributed by atoms with Gasteiger partial charge in [-0.25, -0.2) is 9.59 Å². The topological polar surface area (TPSA) is 122 Å². The first-order valence-corrected chi connectivity index (χ1v) is 10.1. The minimum atomic E-state index is -1.19. The highest BCUT2D eigenvalue weighted by molar-refractivity contribution is 5.95. The molecule has 2 rings (SSSR count). The number of hydrogen-bond donors (Lipinski definition) is 4. The summed E-state index contributed by atoms with van der Waals surface area (Å²) in [5.74, 6) is 0.620. The van der Waals surface area contributed by atoms with Gasteiger partial charge in [-0.05, 0) is 30.5 Å². The van der Waals surface area contributed by atoms with Crippen molar-refractivity contribution in [2.75, 3.05) is 19.0 Å². The van der Waals surface area contributed by atoms with Crippen molar-refractivity contribution < 1.29 is 19.4 Å². The van der Waals surface area contributed by atoms with Crippen LogP contribution in [-0.4, -0.2) is 35.5 Å². The van der Waals surface area contributed by atoms with Gasteiger partial charge >= 0.3 is 12.1 Å². The number of nitrogens with one attached hydrogen (secondary N) is 3. The largest absolute Gasteiger partial charge is 0.491 e. The first-order valence-electron chi connectivity index (χ1n) is 10.1. The van der Waals surface area contributed by atoms with Crippen LogP contribution < -0.4 is 26.2 Å². The van der Waals surface area contributed by atoms with Gasteiger partial charge in [0.05, 0.1) is 24.2 Å². The van der Waals surface area contributed by atoms with E-state index in [1.54, 1.807) is 22.8 Å². The lowest BCUT2D eigenvalue weighted by Gasteiger charge is -2.21. The Kier molecular flexibility index (Phi) is 8.08. The lowest BCUT2D eigenvalue weighted by Crippen LogP contribution is -2.31. The van der Waals surface area contributed by atoms with Gasteiger partial charge in [0, 0.05) is 24.7 Å². The maximum Gasteiger partial charge on any atom is 0.404 e. The summed E-state index contributed by atoms with van der Waals surface area (Å²) < 4.78 is 7.65. The molecule has 0 saturated heterocycles. The van der Waals surface area contributed by atoms with E-state index in [4.69, 9.17) is 9.84 Å². The van der Waals surface area contributed by atoms with Crippen molar-refractivity contribution in [3.63, 3.8) is 0 Å². The Bertz CT molecular complexity index is 968. The number of fused-ring (bicyclic) bond motifs is 1. The molecule has 0 aliphatic heterocycles. The van der Waals surface area contributed by atoms with E-state index in [1.165, 1.54) is 7.05 Å². The second-order valence-electron chi connectivity index (χ2n) is 7.41. The van der Waals surface area contributed by atoms with E-state index in [2.05, 4.69) is 16.0 Å². The Morgan fingerprint density at radius 1 is 1.23 bits per heavy atom. The predicted molar refractivity (Wildman–Crippen MR) is 116 cm³/mol. The summed E-state index contributed by atoms with van der Waals surface area (Å²) in [5, 5.41) is 17.6. The second-order valence-corrected chi connectivity index (χ2v) is 7.41. The fraction of sp³-hybridized carbons (Fsp3) is 0.476. The molecule has 0 unspecified atom stereocenters. The number of nitrogens with zero attached hydrogens (tertiary/aromatic N) is 1. The molecule has 30 heavy (non-hydrogen) atoms. The number of rotatable bonds is 9. The van der Waals surface area contributed by atoms with Gasteiger partial charge in [-0.15, -0.1) is 0 Å². The van der Waals surface area contributed by atoms with Crippen LogP contribution in [0.4, 0.5) is 15.3 Å². The van der Waals surface area contributed by atoms with Gasteiger partial charge < -0.3 is 30.4 Å². The van der Waals surface area contributed by atoms with Crippen LogP contribution in [0.15, 0.2) is 23.0 Å². The van der Waals surface area contributed by atoms with E-state index in [0.717, 1.165) is 12.8 Å². The zero-order chi connectivity index (χ0) is 22.3. The zero-order valence-corrected chi connectivity index (χ0v) is 17.9. The Balaban J connectivity index is 2.73. The molecule has 9 nitrogen and oxygen atoms in total. The van der Waals surface area contributed by atoms with Crippen molar-refractivity contribution in [2.24, 2.45) is 5.92 Å². The number of hydrogen-bond acceptors (Lipinski definition) is 4. The van der Waals surface area contributed by atoms with Crippen LogP contribution in [0.1, 0.15) is 39.3 Å². The SMILES string of the molecule is CCCCOc1c(CNC(=O)O)n(CC(C)C)c(=O)c2ccc(NC(=O)NC)cc12. The Hall–Kier alpha value is -3.23. The molecule has 4 N–H and O–H groups in total. The van der Waals surface area contributed by atoms with Crippen molar-refractivity contribution in [2.45, 2.75) is 46.7 Å². The Labute approximate surface area is 175 Å². The molecule has 3 amide bonds. The molecule has 9 heteroatoms. The number of aromatic nitrogens is 1. The number of carboxylic acid groups (broad SMARTS) is 1. The van der Waals surface area contributed by atoms with Gasteiger partial charge in [0.1, 0.15) is 5.75 Å². The monoisotopic (exact) mass is 418 g/mol. The highest BCUT2D eigenvalue weighted by Crippen LogP contribution is 2.31. The predicted octanol–water partition coefficient (Wildman–Crippen LogP) is 3.36. The number of amides is 3. The summed E-state index contributed by atoms with van der Waals surface area (Å²) in [6.07, 6.45) is 0.552. The van der Waals surface area contributed by atoms with Gasteiger partial charge in [0.2, 0.25) is 0 Å². The molecule has 0 bridgehead atoms. The standard InChI is InChI=1S/C21H30N4O5/c1-5-6-9-30-18-16-10-14(24-20(27)22-4)7-8-15(16)19(26)25(12-13(2)3)17(18)11-23-21(28)29/h7-8,10,13,23H,5-6,9,11-12H2,1-4H3,(H,28,29)(H2,22,24,27). The van der Waals surface area contributed by atoms with E-state index >= 15 is 0 Å². The van der Waals surface area contributed by atoms with E-state index in [1.807, 2.05) is 20.8 Å². The summed E-state index contributed by atoms with van der Waals surface area (Å²) in [6.45, 7) is 6.80. The molecule has 0 radical (unpaired) electrons. The highest BCUT2D eigenvalue weighted by Gasteiger charge is 2.20. The minimum absolute atomic E-state index is 0.0677. The van der Waals surface area contributed by atoms with E-state index in [0.29, 0.717) is 41.1 Å². The number of urea groups is 1. The van der Waals surface area contributed by atoms with Crippen LogP contribution in [0.25, 0.3) is 10.8 Å². The molecular formula is C21H30N4O5. The quantitative estimate of drug-likeness (QED) is 0.465. The summed E-state index contributed by atoms with van der Waals surface area (Å²) in [7, 11) is 1.51. The van der Waals surface area contributed by atoms with Gasteiger partial charge in [0.15, 0.2) is 0 Å². The molecule has 0 aliphatic rings. The lowest BCUT2D eigenvalue weighted by molar-refractivity contribution is 0.193. The van der Waals surface area contributed by atoms with Crippen molar-refractivity contribution >= 4 is 28.6 Å². The third-order valence-electron chi connectivity index (χ3n) is 4.51. The number of carbonyl (C=O) groups excluding carboxylic acids is 1. The van der Waals surface area contributed by atoms with Gasteiger partial charge in [0.25, 0.3) is 5.56 Å². The van der Waals surface area contributed by atoms with Crippen molar-refractivity contribution in [3.05, 3.63) is 34.2 Å².